The van der Waals surface area contributed by atoms with Gasteiger partial charge in [0.25, 0.3) is 0 Å². The van der Waals surface area contributed by atoms with Crippen LogP contribution < -0.4 is 9.47 Å². The lowest BCUT2D eigenvalue weighted by Crippen LogP contribution is -1.98. The molecule has 0 aromatic heterocycles. The molecule has 0 saturated heterocycles. The molecule has 0 bridgehead atoms. The van der Waals surface area contributed by atoms with E-state index in [2.05, 4.69) is 0 Å². The molecule has 1 N–H and O–H groups in total. The van der Waals surface area contributed by atoms with Crippen LogP contribution in [0.5, 0.6) is 17.2 Å². The van der Waals surface area contributed by atoms with Gasteiger partial charge in [0.05, 0.1) is 5.56 Å². The molecule has 0 aliphatic rings. The van der Waals surface area contributed by atoms with E-state index in [0.717, 1.165) is 22.4 Å². The molecule has 0 aliphatic heterocycles. The van der Waals surface area contributed by atoms with Crippen molar-refractivity contribution in [2.45, 2.75) is 13.2 Å². The molecule has 0 aliphatic carbocycles. The number of benzene rings is 4. The number of phenolic OH excluding ortho intramolecular Hbond substituents is 1. The number of ketones is 1. The van der Waals surface area contributed by atoms with E-state index < -0.39 is 0 Å². The fourth-order valence-corrected chi connectivity index (χ4v) is 3.23. The summed E-state index contributed by atoms with van der Waals surface area (Å²) in [5, 5.41) is 10.3. The number of aromatic hydroxyl groups is 1. The smallest absolute Gasteiger partial charge is 0.189 e. The van der Waals surface area contributed by atoms with Crippen LogP contribution in [0.4, 0.5) is 0 Å². The van der Waals surface area contributed by atoms with Crippen molar-refractivity contribution < 1.29 is 19.4 Å². The monoisotopic (exact) mass is 436 g/mol. The lowest BCUT2D eigenvalue weighted by Gasteiger charge is -2.08. The predicted molar refractivity (Wildman–Crippen MR) is 129 cm³/mol. The molecule has 0 saturated carbocycles. The Kier molecular flexibility index (Phi) is 7.18. The molecule has 0 spiro atoms. The third-order valence-electron chi connectivity index (χ3n) is 5.04. The van der Waals surface area contributed by atoms with Gasteiger partial charge in [0.1, 0.15) is 30.5 Å². The van der Waals surface area contributed by atoms with Crippen molar-refractivity contribution in [1.29, 1.82) is 0 Å². The number of carbonyl (C=O) groups excluding carboxylic acids is 1. The first-order valence-corrected chi connectivity index (χ1v) is 10.7. The van der Waals surface area contributed by atoms with Crippen LogP contribution >= 0.6 is 0 Å². The predicted octanol–water partition coefficient (Wildman–Crippen LogP) is 6.45. The highest BCUT2D eigenvalue weighted by Crippen LogP contribution is 2.25. The van der Waals surface area contributed by atoms with Gasteiger partial charge in [-0.1, -0.05) is 78.9 Å². The van der Waals surface area contributed by atoms with E-state index in [4.69, 9.17) is 9.47 Å². The van der Waals surface area contributed by atoms with Gasteiger partial charge in [-0.2, -0.15) is 0 Å². The summed E-state index contributed by atoms with van der Waals surface area (Å²) in [6.45, 7) is 0.886. The van der Waals surface area contributed by atoms with Crippen LogP contribution in [0.15, 0.2) is 109 Å². The Labute approximate surface area is 193 Å². The van der Waals surface area contributed by atoms with Crippen molar-refractivity contribution >= 4 is 11.9 Å². The summed E-state index contributed by atoms with van der Waals surface area (Å²) >= 11 is 0. The second-order valence-electron chi connectivity index (χ2n) is 7.49. The number of allylic oxidation sites excluding steroid dienone is 1. The van der Waals surface area contributed by atoms with Crippen LogP contribution in [0.2, 0.25) is 0 Å². The first kappa shape index (κ1) is 21.9. The van der Waals surface area contributed by atoms with Crippen LogP contribution in [-0.2, 0) is 13.2 Å². The Morgan fingerprint density at radius 2 is 1.24 bits per heavy atom. The van der Waals surface area contributed by atoms with Crippen molar-refractivity contribution in [3.05, 3.63) is 131 Å². The molecular formula is C29H24O4. The van der Waals surface area contributed by atoms with Crippen molar-refractivity contribution in [1.82, 2.24) is 0 Å². The molecule has 164 valence electrons. The average Bonchev–Trinajstić information content (AvgIpc) is 2.87. The zero-order valence-electron chi connectivity index (χ0n) is 18.1. The molecule has 4 rings (SSSR count). The van der Waals surface area contributed by atoms with Crippen molar-refractivity contribution in [3.63, 3.8) is 0 Å². The van der Waals surface area contributed by atoms with Gasteiger partial charge in [-0.05, 0) is 47.0 Å². The third-order valence-corrected chi connectivity index (χ3v) is 5.04. The van der Waals surface area contributed by atoms with Crippen LogP contribution in [0.25, 0.3) is 6.08 Å². The second-order valence-corrected chi connectivity index (χ2v) is 7.49. The Morgan fingerprint density at radius 1 is 0.697 bits per heavy atom. The summed E-state index contributed by atoms with van der Waals surface area (Å²) in [6.07, 6.45) is 3.15. The summed E-state index contributed by atoms with van der Waals surface area (Å²) in [4.78, 5) is 12.5. The second kappa shape index (κ2) is 10.8. The summed E-state index contributed by atoms with van der Waals surface area (Å²) in [6, 6.07) is 31.9. The SMILES string of the molecule is O=C(/C=C/c1ccc(OCc2ccccc2)cc1)c1ccc(OCc2ccccc2)cc1O. The number of ether oxygens (including phenoxy) is 2. The first-order valence-electron chi connectivity index (χ1n) is 10.7. The number of phenols is 1. The van der Waals surface area contributed by atoms with Gasteiger partial charge in [0, 0.05) is 6.07 Å². The number of rotatable bonds is 9. The molecule has 0 atom stereocenters. The van der Waals surface area contributed by atoms with Gasteiger partial charge in [-0.25, -0.2) is 0 Å². The normalized spacial score (nSPS) is 10.8. The topological polar surface area (TPSA) is 55.8 Å². The van der Waals surface area contributed by atoms with E-state index in [9.17, 15) is 9.90 Å². The van der Waals surface area contributed by atoms with Crippen LogP contribution in [0, 0.1) is 0 Å². The minimum Gasteiger partial charge on any atom is -0.507 e. The average molecular weight is 437 g/mol. The molecule has 4 aromatic carbocycles. The number of carbonyl (C=O) groups is 1. The highest BCUT2D eigenvalue weighted by molar-refractivity contribution is 6.08. The van der Waals surface area contributed by atoms with Crippen molar-refractivity contribution in [3.8, 4) is 17.2 Å². The maximum atomic E-state index is 12.5. The minimum atomic E-state index is -0.286. The van der Waals surface area contributed by atoms with Crippen molar-refractivity contribution in [2.24, 2.45) is 0 Å². The maximum absolute atomic E-state index is 12.5. The fourth-order valence-electron chi connectivity index (χ4n) is 3.23. The van der Waals surface area contributed by atoms with E-state index in [1.807, 2.05) is 84.9 Å². The van der Waals surface area contributed by atoms with E-state index in [-0.39, 0.29) is 17.1 Å². The molecule has 0 radical (unpaired) electrons. The highest BCUT2D eigenvalue weighted by atomic mass is 16.5. The Bertz CT molecular complexity index is 1210. The van der Waals surface area contributed by atoms with Crippen LogP contribution in [-0.4, -0.2) is 10.9 Å². The molecule has 0 unspecified atom stereocenters. The lowest BCUT2D eigenvalue weighted by atomic mass is 10.1. The Balaban J connectivity index is 1.33. The minimum absolute atomic E-state index is 0.111. The molecule has 0 heterocycles. The first-order chi connectivity index (χ1) is 16.2. The molecule has 4 aromatic rings. The van der Waals surface area contributed by atoms with Gasteiger partial charge in [-0.15, -0.1) is 0 Å². The maximum Gasteiger partial charge on any atom is 0.189 e. The zero-order valence-corrected chi connectivity index (χ0v) is 18.1. The van der Waals surface area contributed by atoms with Gasteiger partial charge in [0.15, 0.2) is 5.78 Å². The van der Waals surface area contributed by atoms with E-state index in [0.29, 0.717) is 19.0 Å². The zero-order chi connectivity index (χ0) is 22.9. The van der Waals surface area contributed by atoms with Gasteiger partial charge >= 0.3 is 0 Å². The van der Waals surface area contributed by atoms with E-state index >= 15 is 0 Å². The highest BCUT2D eigenvalue weighted by Gasteiger charge is 2.10. The number of hydrogen-bond donors (Lipinski definition) is 1. The molecule has 0 amide bonds. The van der Waals surface area contributed by atoms with E-state index in [1.54, 1.807) is 18.2 Å². The van der Waals surface area contributed by atoms with Crippen LogP contribution in [0.3, 0.4) is 0 Å². The Hall–Kier alpha value is -4.31. The van der Waals surface area contributed by atoms with E-state index in [1.165, 1.54) is 12.1 Å². The Morgan fingerprint density at radius 3 is 1.82 bits per heavy atom. The molecule has 0 fully saturated rings. The largest absolute Gasteiger partial charge is 0.507 e. The third kappa shape index (κ3) is 6.34. The summed E-state index contributed by atoms with van der Waals surface area (Å²) in [5.41, 5.74) is 3.21. The summed E-state index contributed by atoms with van der Waals surface area (Å²) in [5.74, 6) is 0.862. The standard InChI is InChI=1S/C29H24O4/c30-28(27-17-16-26(19-29(27)31)33-21-24-9-5-2-6-10-24)18-13-22-11-14-25(15-12-22)32-20-23-7-3-1-4-8-23/h1-19,31H,20-21H2/b18-13+. The van der Waals surface area contributed by atoms with Crippen LogP contribution in [0.1, 0.15) is 27.0 Å². The van der Waals surface area contributed by atoms with Crippen molar-refractivity contribution in [2.75, 3.05) is 0 Å². The lowest BCUT2D eigenvalue weighted by molar-refractivity contribution is 0.104. The van der Waals surface area contributed by atoms with Gasteiger partial charge in [0.2, 0.25) is 0 Å². The molecule has 4 heteroatoms. The fraction of sp³-hybridized carbons (Fsp3) is 0.0690. The molecular weight excluding hydrogens is 412 g/mol. The molecule has 4 nitrogen and oxygen atoms in total. The quantitative estimate of drug-likeness (QED) is 0.242. The van der Waals surface area contributed by atoms with Gasteiger partial charge in [-0.3, -0.25) is 4.79 Å². The molecule has 33 heavy (non-hydrogen) atoms. The summed E-state index contributed by atoms with van der Waals surface area (Å²) in [7, 11) is 0. The van der Waals surface area contributed by atoms with Gasteiger partial charge < -0.3 is 14.6 Å². The number of hydrogen-bond acceptors (Lipinski definition) is 4. The summed E-state index contributed by atoms with van der Waals surface area (Å²) < 4.78 is 11.5.